The molecule has 0 bridgehead atoms. The Labute approximate surface area is 159 Å². The van der Waals surface area contributed by atoms with Gasteiger partial charge in [0.1, 0.15) is 11.5 Å². The van der Waals surface area contributed by atoms with Crippen LogP contribution in [0.1, 0.15) is 28.5 Å². The number of halogens is 4. The van der Waals surface area contributed by atoms with Gasteiger partial charge in [0.15, 0.2) is 5.69 Å². The van der Waals surface area contributed by atoms with Crippen LogP contribution in [-0.4, -0.2) is 27.1 Å². The van der Waals surface area contributed by atoms with E-state index in [1.807, 2.05) is 6.07 Å². The van der Waals surface area contributed by atoms with E-state index in [-0.39, 0.29) is 18.8 Å². The predicted molar refractivity (Wildman–Crippen MR) is 95.4 cm³/mol. The molecule has 146 valence electrons. The van der Waals surface area contributed by atoms with E-state index >= 15 is 0 Å². The van der Waals surface area contributed by atoms with Crippen LogP contribution in [0.2, 0.25) is 0 Å². The molecule has 0 unspecified atom stereocenters. The molecule has 0 fully saturated rings. The average Bonchev–Trinajstić information content (AvgIpc) is 3.12. The Morgan fingerprint density at radius 3 is 2.32 bits per heavy atom. The van der Waals surface area contributed by atoms with Crippen molar-refractivity contribution in [3.63, 3.8) is 0 Å². The van der Waals surface area contributed by atoms with Crippen molar-refractivity contribution in [1.82, 2.24) is 14.7 Å². The monoisotopic (exact) mass is 391 g/mol. The van der Waals surface area contributed by atoms with Crippen LogP contribution >= 0.6 is 0 Å². The average molecular weight is 391 g/mol. The minimum absolute atomic E-state index is 0.151. The van der Waals surface area contributed by atoms with Crippen molar-refractivity contribution in [3.8, 4) is 5.69 Å². The topological polar surface area (TPSA) is 38.1 Å². The van der Waals surface area contributed by atoms with Gasteiger partial charge in [0.25, 0.3) is 5.91 Å². The van der Waals surface area contributed by atoms with E-state index < -0.39 is 29.2 Å². The molecular weight excluding hydrogens is 374 g/mol. The van der Waals surface area contributed by atoms with Gasteiger partial charge in [-0.25, -0.2) is 9.07 Å². The fraction of sp³-hybridized carbons (Fsp3) is 0.200. The lowest BCUT2D eigenvalue weighted by atomic mass is 10.1. The predicted octanol–water partition coefficient (Wildman–Crippen LogP) is 4.69. The first-order chi connectivity index (χ1) is 13.3. The largest absolute Gasteiger partial charge is 0.434 e. The fourth-order valence-electron chi connectivity index (χ4n) is 2.89. The summed E-state index contributed by atoms with van der Waals surface area (Å²) >= 11 is 0. The van der Waals surface area contributed by atoms with Gasteiger partial charge in [0.05, 0.1) is 11.8 Å². The standard InChI is InChI=1S/C20H17F4N3O/c1-2-26(13-14-8-4-3-5-9-14)19(28)15-12-25-27(18(15)20(22,23)24)17-11-7-6-10-16(17)21/h3-12H,2,13H2,1H3. The summed E-state index contributed by atoms with van der Waals surface area (Å²) in [6.07, 6.45) is -4.05. The lowest BCUT2D eigenvalue weighted by Crippen LogP contribution is -2.32. The number of hydrogen-bond acceptors (Lipinski definition) is 2. The Bertz CT molecular complexity index is 967. The number of aromatic nitrogens is 2. The molecule has 0 spiro atoms. The molecule has 0 radical (unpaired) electrons. The molecule has 0 N–H and O–H groups in total. The number of carbonyl (C=O) groups is 1. The van der Waals surface area contributed by atoms with Crippen molar-refractivity contribution >= 4 is 5.91 Å². The number of benzene rings is 2. The van der Waals surface area contributed by atoms with Gasteiger partial charge in [0.2, 0.25) is 0 Å². The van der Waals surface area contributed by atoms with Crippen molar-refractivity contribution in [1.29, 1.82) is 0 Å². The van der Waals surface area contributed by atoms with Gasteiger partial charge in [-0.1, -0.05) is 42.5 Å². The van der Waals surface area contributed by atoms with Crippen molar-refractivity contribution < 1.29 is 22.4 Å². The molecule has 0 saturated heterocycles. The maximum absolute atomic E-state index is 14.0. The normalized spacial score (nSPS) is 11.5. The SMILES string of the molecule is CCN(Cc1ccccc1)C(=O)c1cnn(-c2ccccc2F)c1C(F)(F)F. The number of amides is 1. The van der Waals surface area contributed by atoms with Crippen molar-refractivity contribution in [3.05, 3.63) is 83.4 Å². The number of carbonyl (C=O) groups excluding carboxylic acids is 1. The van der Waals surface area contributed by atoms with Crippen LogP contribution in [0.3, 0.4) is 0 Å². The van der Waals surface area contributed by atoms with Gasteiger partial charge in [0, 0.05) is 13.1 Å². The van der Waals surface area contributed by atoms with E-state index in [1.54, 1.807) is 31.2 Å². The summed E-state index contributed by atoms with van der Waals surface area (Å²) in [6, 6.07) is 13.9. The second kappa shape index (κ2) is 7.84. The highest BCUT2D eigenvalue weighted by atomic mass is 19.4. The number of hydrogen-bond donors (Lipinski definition) is 0. The van der Waals surface area contributed by atoms with E-state index in [9.17, 15) is 22.4 Å². The van der Waals surface area contributed by atoms with E-state index in [1.165, 1.54) is 23.1 Å². The lowest BCUT2D eigenvalue weighted by molar-refractivity contribution is -0.143. The molecule has 1 amide bonds. The molecule has 0 saturated carbocycles. The summed E-state index contributed by atoms with van der Waals surface area (Å²) in [5.74, 6) is -1.69. The van der Waals surface area contributed by atoms with Gasteiger partial charge in [-0.2, -0.15) is 18.3 Å². The maximum atomic E-state index is 14.0. The highest BCUT2D eigenvalue weighted by molar-refractivity contribution is 5.95. The molecule has 0 aliphatic rings. The van der Waals surface area contributed by atoms with Crippen LogP contribution in [0.5, 0.6) is 0 Å². The molecule has 0 atom stereocenters. The van der Waals surface area contributed by atoms with Crippen LogP contribution < -0.4 is 0 Å². The third-order valence-electron chi connectivity index (χ3n) is 4.23. The zero-order valence-electron chi connectivity index (χ0n) is 14.9. The van der Waals surface area contributed by atoms with E-state index in [0.29, 0.717) is 4.68 Å². The molecule has 3 aromatic rings. The minimum atomic E-state index is -4.89. The van der Waals surface area contributed by atoms with Crippen molar-refractivity contribution in [2.24, 2.45) is 0 Å². The number of alkyl halides is 3. The Hall–Kier alpha value is -3.16. The van der Waals surface area contributed by atoms with Crippen LogP contribution in [0.25, 0.3) is 5.69 Å². The van der Waals surface area contributed by atoms with Crippen molar-refractivity contribution in [2.45, 2.75) is 19.6 Å². The molecule has 4 nitrogen and oxygen atoms in total. The van der Waals surface area contributed by atoms with E-state index in [0.717, 1.165) is 17.8 Å². The van der Waals surface area contributed by atoms with Crippen LogP contribution in [-0.2, 0) is 12.7 Å². The Morgan fingerprint density at radius 1 is 1.07 bits per heavy atom. The van der Waals surface area contributed by atoms with Gasteiger partial charge in [-0.15, -0.1) is 0 Å². The number of nitrogens with zero attached hydrogens (tertiary/aromatic N) is 3. The summed E-state index contributed by atoms with van der Waals surface area (Å²) in [7, 11) is 0. The van der Waals surface area contributed by atoms with E-state index in [4.69, 9.17) is 0 Å². The number of para-hydroxylation sites is 1. The highest BCUT2D eigenvalue weighted by Gasteiger charge is 2.41. The maximum Gasteiger partial charge on any atom is 0.434 e. The molecular formula is C20H17F4N3O. The summed E-state index contributed by atoms with van der Waals surface area (Å²) in [6.45, 7) is 2.03. The summed E-state index contributed by atoms with van der Waals surface area (Å²) < 4.78 is 55.8. The lowest BCUT2D eigenvalue weighted by Gasteiger charge is -2.22. The van der Waals surface area contributed by atoms with Crippen LogP contribution in [0, 0.1) is 5.82 Å². The molecule has 0 aliphatic carbocycles. The minimum Gasteiger partial charge on any atom is -0.334 e. The summed E-state index contributed by atoms with van der Waals surface area (Å²) in [5.41, 5.74) is -1.50. The molecule has 0 aliphatic heterocycles. The zero-order valence-corrected chi connectivity index (χ0v) is 14.9. The summed E-state index contributed by atoms with van der Waals surface area (Å²) in [4.78, 5) is 14.1. The Balaban J connectivity index is 2.04. The van der Waals surface area contributed by atoms with Gasteiger partial charge in [-0.3, -0.25) is 4.79 Å². The third kappa shape index (κ3) is 3.90. The molecule has 2 aromatic carbocycles. The smallest absolute Gasteiger partial charge is 0.334 e. The van der Waals surface area contributed by atoms with Crippen molar-refractivity contribution in [2.75, 3.05) is 6.54 Å². The van der Waals surface area contributed by atoms with Gasteiger partial charge in [-0.05, 0) is 24.6 Å². The Morgan fingerprint density at radius 2 is 1.71 bits per heavy atom. The Kier molecular flexibility index (Phi) is 5.48. The second-order valence-electron chi connectivity index (χ2n) is 6.07. The quantitative estimate of drug-likeness (QED) is 0.592. The number of rotatable bonds is 5. The first-order valence-corrected chi connectivity index (χ1v) is 8.56. The van der Waals surface area contributed by atoms with E-state index in [2.05, 4.69) is 5.10 Å². The zero-order chi connectivity index (χ0) is 20.3. The first-order valence-electron chi connectivity index (χ1n) is 8.56. The first kappa shape index (κ1) is 19.6. The van der Waals surface area contributed by atoms with Gasteiger partial charge >= 0.3 is 6.18 Å². The second-order valence-corrected chi connectivity index (χ2v) is 6.07. The molecule has 1 heterocycles. The van der Waals surface area contributed by atoms with Crippen LogP contribution in [0.4, 0.5) is 17.6 Å². The summed E-state index contributed by atoms with van der Waals surface area (Å²) in [5, 5.41) is 3.67. The molecule has 8 heteroatoms. The van der Waals surface area contributed by atoms with Crippen LogP contribution in [0.15, 0.2) is 60.8 Å². The molecule has 28 heavy (non-hydrogen) atoms. The van der Waals surface area contributed by atoms with Gasteiger partial charge < -0.3 is 4.90 Å². The molecule has 3 rings (SSSR count). The fourth-order valence-corrected chi connectivity index (χ4v) is 2.89. The molecule has 1 aromatic heterocycles. The highest BCUT2D eigenvalue weighted by Crippen LogP contribution is 2.34. The third-order valence-corrected chi connectivity index (χ3v) is 4.23.